The molecule has 3 aliphatic carbocycles. The largest absolute Gasteiger partial charge is 0.389 e. The van der Waals surface area contributed by atoms with Crippen LogP contribution in [0.25, 0.3) is 0 Å². The van der Waals surface area contributed by atoms with Gasteiger partial charge in [0.05, 0.1) is 12.7 Å². The van der Waals surface area contributed by atoms with E-state index in [2.05, 4.69) is 34.9 Å². The SMILES string of the molecule is O=C(NCC(O)COCC1CC1)NCC1C2Cc3ccccc3C12. The number of carbonyl (C=O) groups is 1. The van der Waals surface area contributed by atoms with Crippen molar-refractivity contribution in [1.29, 1.82) is 0 Å². The average Bonchev–Trinajstić information content (AvgIpc) is 3.49. The lowest BCUT2D eigenvalue weighted by Gasteiger charge is -2.13. The van der Waals surface area contributed by atoms with Crippen LogP contribution in [0.3, 0.4) is 0 Å². The molecule has 2 amide bonds. The summed E-state index contributed by atoms with van der Waals surface area (Å²) >= 11 is 0. The minimum Gasteiger partial charge on any atom is -0.389 e. The van der Waals surface area contributed by atoms with E-state index in [4.69, 9.17) is 4.74 Å². The maximum absolute atomic E-state index is 11.9. The fraction of sp³-hybridized carbons (Fsp3) is 0.632. The minimum atomic E-state index is -0.637. The monoisotopic (exact) mass is 330 g/mol. The summed E-state index contributed by atoms with van der Waals surface area (Å²) in [5.74, 6) is 2.58. The van der Waals surface area contributed by atoms with Gasteiger partial charge in [0.1, 0.15) is 0 Å². The van der Waals surface area contributed by atoms with Crippen molar-refractivity contribution in [3.05, 3.63) is 35.4 Å². The standard InChI is InChI=1S/C19H26N2O3/c22-14(11-24-10-12-5-6-12)8-20-19(23)21-9-17-16-7-13-3-1-2-4-15(13)18(16)17/h1-4,12,14,16-18,22H,5-11H2,(H2,20,21,23). The molecule has 0 aliphatic heterocycles. The molecule has 5 heteroatoms. The molecule has 3 N–H and O–H groups in total. The number of rotatable bonds is 8. The van der Waals surface area contributed by atoms with Crippen molar-refractivity contribution in [3.8, 4) is 0 Å². The van der Waals surface area contributed by atoms with Gasteiger partial charge in [-0.3, -0.25) is 0 Å². The molecule has 0 heterocycles. The van der Waals surface area contributed by atoms with Crippen molar-refractivity contribution in [2.75, 3.05) is 26.3 Å². The number of hydrogen-bond acceptors (Lipinski definition) is 3. The van der Waals surface area contributed by atoms with Gasteiger partial charge in [-0.25, -0.2) is 4.79 Å². The third-order valence-electron chi connectivity index (χ3n) is 5.56. The summed E-state index contributed by atoms with van der Waals surface area (Å²) in [7, 11) is 0. The van der Waals surface area contributed by atoms with Crippen molar-refractivity contribution in [2.45, 2.75) is 31.3 Å². The van der Waals surface area contributed by atoms with E-state index in [1.54, 1.807) is 0 Å². The Bertz CT molecular complexity index is 602. The summed E-state index contributed by atoms with van der Waals surface area (Å²) in [6.45, 7) is 1.97. The number of amides is 2. The van der Waals surface area contributed by atoms with Crippen molar-refractivity contribution >= 4 is 6.03 Å². The Morgan fingerprint density at radius 1 is 1.29 bits per heavy atom. The third-order valence-corrected chi connectivity index (χ3v) is 5.56. The highest BCUT2D eigenvalue weighted by atomic mass is 16.5. The fourth-order valence-electron chi connectivity index (χ4n) is 3.96. The maximum Gasteiger partial charge on any atom is 0.314 e. The van der Waals surface area contributed by atoms with E-state index in [0.717, 1.165) is 13.0 Å². The van der Waals surface area contributed by atoms with Gasteiger partial charge in [-0.1, -0.05) is 24.3 Å². The lowest BCUT2D eigenvalue weighted by Crippen LogP contribution is -2.41. The second-order valence-electron chi connectivity index (χ2n) is 7.48. The highest BCUT2D eigenvalue weighted by Crippen LogP contribution is 2.60. The number of hydrogen-bond donors (Lipinski definition) is 3. The number of ether oxygens (including phenoxy) is 1. The third kappa shape index (κ3) is 3.57. The molecule has 0 aromatic heterocycles. The van der Waals surface area contributed by atoms with E-state index in [0.29, 0.717) is 36.8 Å². The topological polar surface area (TPSA) is 70.6 Å². The van der Waals surface area contributed by atoms with E-state index in [9.17, 15) is 9.90 Å². The van der Waals surface area contributed by atoms with Gasteiger partial charge in [-0.15, -0.1) is 0 Å². The van der Waals surface area contributed by atoms with Crippen LogP contribution in [-0.4, -0.2) is 43.5 Å². The van der Waals surface area contributed by atoms with Crippen LogP contribution in [0.5, 0.6) is 0 Å². The first kappa shape index (κ1) is 15.9. The zero-order chi connectivity index (χ0) is 16.5. The number of fused-ring (bicyclic) bond motifs is 3. The lowest BCUT2D eigenvalue weighted by molar-refractivity contribution is 0.0337. The fourth-order valence-corrected chi connectivity index (χ4v) is 3.96. The molecule has 1 aromatic rings. The van der Waals surface area contributed by atoms with Crippen LogP contribution < -0.4 is 10.6 Å². The van der Waals surface area contributed by atoms with E-state index < -0.39 is 6.10 Å². The van der Waals surface area contributed by atoms with Crippen molar-refractivity contribution in [1.82, 2.24) is 10.6 Å². The van der Waals surface area contributed by atoms with Gasteiger partial charge in [0.2, 0.25) is 0 Å². The molecule has 0 saturated heterocycles. The smallest absolute Gasteiger partial charge is 0.314 e. The summed E-state index contributed by atoms with van der Waals surface area (Å²) < 4.78 is 5.42. The van der Waals surface area contributed by atoms with Crippen LogP contribution in [-0.2, 0) is 11.2 Å². The Morgan fingerprint density at radius 3 is 2.96 bits per heavy atom. The van der Waals surface area contributed by atoms with Crippen LogP contribution in [0.4, 0.5) is 4.79 Å². The van der Waals surface area contributed by atoms with Crippen molar-refractivity contribution in [2.24, 2.45) is 17.8 Å². The summed E-state index contributed by atoms with van der Waals surface area (Å²) in [5.41, 5.74) is 2.94. The Balaban J connectivity index is 1.11. The second-order valence-corrected chi connectivity index (χ2v) is 7.48. The molecule has 4 rings (SSSR count). The van der Waals surface area contributed by atoms with Crippen LogP contribution in [0.1, 0.15) is 29.9 Å². The molecule has 0 radical (unpaired) electrons. The zero-order valence-corrected chi connectivity index (χ0v) is 13.9. The second kappa shape index (κ2) is 6.73. The normalized spacial score (nSPS) is 28.0. The first-order valence-corrected chi connectivity index (χ1v) is 9.07. The molecule has 2 fully saturated rings. The van der Waals surface area contributed by atoms with Crippen LogP contribution in [0.2, 0.25) is 0 Å². The lowest BCUT2D eigenvalue weighted by atomic mass is 10.0. The molecule has 4 atom stereocenters. The van der Waals surface area contributed by atoms with Gasteiger partial charge in [-0.2, -0.15) is 0 Å². The molecule has 24 heavy (non-hydrogen) atoms. The molecule has 0 bridgehead atoms. The Kier molecular flexibility index (Phi) is 4.46. The van der Waals surface area contributed by atoms with Gasteiger partial charge in [-0.05, 0) is 54.1 Å². The molecule has 1 aromatic carbocycles. The first-order chi connectivity index (χ1) is 11.7. The van der Waals surface area contributed by atoms with Gasteiger partial charge in [0.25, 0.3) is 0 Å². The van der Waals surface area contributed by atoms with E-state index in [1.165, 1.54) is 24.0 Å². The van der Waals surface area contributed by atoms with Gasteiger partial charge in [0.15, 0.2) is 0 Å². The van der Waals surface area contributed by atoms with E-state index in [-0.39, 0.29) is 12.6 Å². The van der Waals surface area contributed by atoms with E-state index >= 15 is 0 Å². The molecule has 2 saturated carbocycles. The quantitative estimate of drug-likeness (QED) is 0.679. The number of benzene rings is 1. The van der Waals surface area contributed by atoms with Crippen molar-refractivity contribution in [3.63, 3.8) is 0 Å². The molecule has 130 valence electrons. The van der Waals surface area contributed by atoms with Crippen LogP contribution in [0, 0.1) is 17.8 Å². The summed E-state index contributed by atoms with van der Waals surface area (Å²) in [5, 5.41) is 15.5. The number of carbonyl (C=O) groups excluding carboxylic acids is 1. The number of nitrogens with one attached hydrogen (secondary N) is 2. The van der Waals surface area contributed by atoms with Gasteiger partial charge < -0.3 is 20.5 Å². The summed E-state index contributed by atoms with van der Waals surface area (Å²) in [6.07, 6.45) is 2.99. The predicted molar refractivity (Wildman–Crippen MR) is 90.8 cm³/mol. The van der Waals surface area contributed by atoms with Crippen LogP contribution >= 0.6 is 0 Å². The number of aliphatic hydroxyl groups excluding tert-OH is 1. The highest BCUT2D eigenvalue weighted by molar-refractivity contribution is 5.73. The van der Waals surface area contributed by atoms with Crippen LogP contribution in [0.15, 0.2) is 24.3 Å². The molecular formula is C19H26N2O3. The molecule has 5 nitrogen and oxygen atoms in total. The Morgan fingerprint density at radius 2 is 2.12 bits per heavy atom. The Labute approximate surface area is 142 Å². The molecule has 3 aliphatic rings. The number of urea groups is 1. The maximum atomic E-state index is 11.9. The zero-order valence-electron chi connectivity index (χ0n) is 13.9. The predicted octanol–water partition coefficient (Wildman–Crippen LogP) is 1.66. The first-order valence-electron chi connectivity index (χ1n) is 9.07. The Hall–Kier alpha value is -1.59. The minimum absolute atomic E-state index is 0.200. The molecule has 4 unspecified atom stereocenters. The highest BCUT2D eigenvalue weighted by Gasteiger charge is 2.54. The summed E-state index contributed by atoms with van der Waals surface area (Å²) in [4.78, 5) is 11.9. The molecule has 0 spiro atoms. The van der Waals surface area contributed by atoms with Crippen molar-refractivity contribution < 1.29 is 14.6 Å². The summed E-state index contributed by atoms with van der Waals surface area (Å²) in [6, 6.07) is 8.44. The molecular weight excluding hydrogens is 304 g/mol. The van der Waals surface area contributed by atoms with Gasteiger partial charge >= 0.3 is 6.03 Å². The van der Waals surface area contributed by atoms with E-state index in [1.807, 2.05) is 0 Å². The van der Waals surface area contributed by atoms with Gasteiger partial charge in [0, 0.05) is 19.7 Å². The number of aliphatic hydroxyl groups is 1. The average molecular weight is 330 g/mol.